The molecule has 0 bridgehead atoms. The SMILES string of the molecule is C#CCSc1ccc(-c2nc3cnncc3[nH]2)c(OC)c1. The summed E-state index contributed by atoms with van der Waals surface area (Å²) in [6, 6.07) is 5.93. The van der Waals surface area contributed by atoms with E-state index in [1.54, 1.807) is 31.3 Å². The van der Waals surface area contributed by atoms with Gasteiger partial charge in [-0.05, 0) is 18.2 Å². The highest BCUT2D eigenvalue weighted by Gasteiger charge is 2.11. The van der Waals surface area contributed by atoms with Gasteiger partial charge in [-0.3, -0.25) is 0 Å². The van der Waals surface area contributed by atoms with Crippen molar-refractivity contribution in [2.75, 3.05) is 12.9 Å². The summed E-state index contributed by atoms with van der Waals surface area (Å²) in [6.07, 6.45) is 8.55. The second kappa shape index (κ2) is 5.85. The van der Waals surface area contributed by atoms with Gasteiger partial charge >= 0.3 is 0 Å². The van der Waals surface area contributed by atoms with Gasteiger partial charge in [0, 0.05) is 4.90 Å². The number of aromatic amines is 1. The molecule has 0 aliphatic carbocycles. The maximum absolute atomic E-state index is 5.46. The molecule has 0 saturated carbocycles. The Morgan fingerprint density at radius 3 is 2.95 bits per heavy atom. The molecule has 2 heterocycles. The second-order valence-corrected chi connectivity index (χ2v) is 5.28. The van der Waals surface area contributed by atoms with Crippen molar-refractivity contribution in [3.63, 3.8) is 0 Å². The third kappa shape index (κ3) is 2.69. The minimum absolute atomic E-state index is 0.629. The summed E-state index contributed by atoms with van der Waals surface area (Å²) in [5.74, 6) is 4.71. The zero-order valence-corrected chi connectivity index (χ0v) is 12.1. The zero-order chi connectivity index (χ0) is 14.7. The van der Waals surface area contributed by atoms with Crippen LogP contribution in [-0.2, 0) is 0 Å². The monoisotopic (exact) mass is 296 g/mol. The Hall–Kier alpha value is -2.52. The Labute approximate surface area is 126 Å². The van der Waals surface area contributed by atoms with Gasteiger partial charge in [0.05, 0.1) is 36.3 Å². The van der Waals surface area contributed by atoms with Gasteiger partial charge in [0.25, 0.3) is 0 Å². The quantitative estimate of drug-likeness (QED) is 0.592. The highest BCUT2D eigenvalue weighted by atomic mass is 32.2. The van der Waals surface area contributed by atoms with E-state index in [0.717, 1.165) is 33.1 Å². The first-order chi connectivity index (χ1) is 10.3. The lowest BCUT2D eigenvalue weighted by Crippen LogP contribution is -1.90. The summed E-state index contributed by atoms with van der Waals surface area (Å²) >= 11 is 1.59. The summed E-state index contributed by atoms with van der Waals surface area (Å²) in [6.45, 7) is 0. The predicted octanol–water partition coefficient (Wildman–Crippen LogP) is 2.75. The summed E-state index contributed by atoms with van der Waals surface area (Å²) in [4.78, 5) is 8.79. The van der Waals surface area contributed by atoms with Crippen molar-refractivity contribution in [3.8, 4) is 29.5 Å². The first-order valence-electron chi connectivity index (χ1n) is 6.23. The van der Waals surface area contributed by atoms with Crippen LogP contribution in [0.2, 0.25) is 0 Å². The van der Waals surface area contributed by atoms with E-state index in [4.69, 9.17) is 11.2 Å². The molecule has 0 atom stereocenters. The number of nitrogens with zero attached hydrogens (tertiary/aromatic N) is 3. The second-order valence-electron chi connectivity index (χ2n) is 4.23. The minimum atomic E-state index is 0.629. The Morgan fingerprint density at radius 2 is 2.19 bits per heavy atom. The van der Waals surface area contributed by atoms with E-state index >= 15 is 0 Å². The van der Waals surface area contributed by atoms with Gasteiger partial charge < -0.3 is 9.72 Å². The van der Waals surface area contributed by atoms with Crippen LogP contribution in [0.1, 0.15) is 0 Å². The van der Waals surface area contributed by atoms with Crippen molar-refractivity contribution in [2.24, 2.45) is 0 Å². The van der Waals surface area contributed by atoms with E-state index in [1.165, 1.54) is 0 Å². The van der Waals surface area contributed by atoms with Crippen molar-refractivity contribution in [2.45, 2.75) is 4.90 Å². The number of fused-ring (bicyclic) bond motifs is 1. The maximum Gasteiger partial charge on any atom is 0.142 e. The topological polar surface area (TPSA) is 63.7 Å². The van der Waals surface area contributed by atoms with Crippen LogP contribution in [0.4, 0.5) is 0 Å². The van der Waals surface area contributed by atoms with Gasteiger partial charge in [-0.1, -0.05) is 5.92 Å². The number of hydrogen-bond acceptors (Lipinski definition) is 5. The fourth-order valence-electron chi connectivity index (χ4n) is 1.99. The van der Waals surface area contributed by atoms with Crippen LogP contribution in [0.25, 0.3) is 22.4 Å². The molecule has 104 valence electrons. The average Bonchev–Trinajstić information content (AvgIpc) is 2.96. The third-order valence-electron chi connectivity index (χ3n) is 2.95. The molecule has 21 heavy (non-hydrogen) atoms. The molecule has 1 aromatic carbocycles. The van der Waals surface area contributed by atoms with Crippen LogP contribution in [0.15, 0.2) is 35.5 Å². The molecule has 0 radical (unpaired) electrons. The lowest BCUT2D eigenvalue weighted by molar-refractivity contribution is 0.415. The van der Waals surface area contributed by atoms with E-state index in [0.29, 0.717) is 5.75 Å². The number of rotatable bonds is 4. The largest absolute Gasteiger partial charge is 0.496 e. The molecule has 2 aromatic heterocycles. The molecule has 0 unspecified atom stereocenters. The number of benzene rings is 1. The van der Waals surface area contributed by atoms with Gasteiger partial charge in [0.2, 0.25) is 0 Å². The van der Waals surface area contributed by atoms with Crippen molar-refractivity contribution in [1.82, 2.24) is 20.2 Å². The Bertz CT molecular complexity index is 789. The Kier molecular flexibility index (Phi) is 3.75. The number of H-pyrrole nitrogens is 1. The van der Waals surface area contributed by atoms with Crippen LogP contribution >= 0.6 is 11.8 Å². The molecule has 1 N–H and O–H groups in total. The highest BCUT2D eigenvalue weighted by Crippen LogP contribution is 2.33. The molecule has 3 rings (SSSR count). The van der Waals surface area contributed by atoms with Gasteiger partial charge in [-0.25, -0.2) is 4.98 Å². The minimum Gasteiger partial charge on any atom is -0.496 e. The van der Waals surface area contributed by atoms with Gasteiger partial charge in [0.15, 0.2) is 0 Å². The number of methoxy groups -OCH3 is 1. The van der Waals surface area contributed by atoms with E-state index < -0.39 is 0 Å². The number of imidazole rings is 1. The van der Waals surface area contributed by atoms with Gasteiger partial charge in [-0.15, -0.1) is 18.2 Å². The average molecular weight is 296 g/mol. The lowest BCUT2D eigenvalue weighted by Gasteiger charge is -2.08. The van der Waals surface area contributed by atoms with E-state index in [9.17, 15) is 0 Å². The zero-order valence-electron chi connectivity index (χ0n) is 11.3. The standard InChI is InChI=1S/C15H12N4OS/c1-3-6-21-10-4-5-11(14(7-10)20-2)15-18-12-8-16-17-9-13(12)19-15/h1,4-5,7-9H,6H2,2H3,(H,18,19). The first-order valence-corrected chi connectivity index (χ1v) is 7.21. The number of thioether (sulfide) groups is 1. The molecule has 0 aliphatic heterocycles. The molecule has 5 nitrogen and oxygen atoms in total. The van der Waals surface area contributed by atoms with E-state index in [-0.39, 0.29) is 0 Å². The Morgan fingerprint density at radius 1 is 1.33 bits per heavy atom. The number of terminal acetylenes is 1. The fourth-order valence-corrected chi connectivity index (χ4v) is 2.59. The van der Waals surface area contributed by atoms with Crippen molar-refractivity contribution < 1.29 is 4.74 Å². The molecule has 0 fully saturated rings. The van der Waals surface area contributed by atoms with E-state index in [1.807, 2.05) is 18.2 Å². The van der Waals surface area contributed by atoms with Crippen LogP contribution in [0, 0.1) is 12.3 Å². The Balaban J connectivity index is 2.03. The molecule has 0 amide bonds. The molecule has 0 aliphatic rings. The van der Waals surface area contributed by atoms with Crippen molar-refractivity contribution in [1.29, 1.82) is 0 Å². The van der Waals surface area contributed by atoms with Gasteiger partial charge in [0.1, 0.15) is 17.1 Å². The lowest BCUT2D eigenvalue weighted by atomic mass is 10.2. The maximum atomic E-state index is 5.46. The predicted molar refractivity (Wildman–Crippen MR) is 83.2 cm³/mol. The van der Waals surface area contributed by atoms with Gasteiger partial charge in [-0.2, -0.15) is 10.2 Å². The van der Waals surface area contributed by atoms with Crippen LogP contribution in [0.3, 0.4) is 0 Å². The molecular formula is C15H12N4OS. The van der Waals surface area contributed by atoms with Crippen molar-refractivity contribution >= 4 is 22.8 Å². The number of hydrogen-bond donors (Lipinski definition) is 1. The highest BCUT2D eigenvalue weighted by molar-refractivity contribution is 7.99. The number of nitrogens with one attached hydrogen (secondary N) is 1. The fraction of sp³-hybridized carbons (Fsp3) is 0.133. The molecule has 3 aromatic rings. The summed E-state index contributed by atoms with van der Waals surface area (Å²) in [5, 5.41) is 7.66. The smallest absolute Gasteiger partial charge is 0.142 e. The first kappa shape index (κ1) is 13.5. The summed E-state index contributed by atoms with van der Waals surface area (Å²) < 4.78 is 5.46. The van der Waals surface area contributed by atoms with Crippen LogP contribution in [0.5, 0.6) is 5.75 Å². The molecule has 6 heteroatoms. The van der Waals surface area contributed by atoms with E-state index in [2.05, 4.69) is 26.1 Å². The van der Waals surface area contributed by atoms with Crippen LogP contribution in [-0.4, -0.2) is 33.0 Å². The summed E-state index contributed by atoms with van der Waals surface area (Å²) in [7, 11) is 1.64. The molecular weight excluding hydrogens is 284 g/mol. The number of ether oxygens (including phenoxy) is 1. The van der Waals surface area contributed by atoms with Crippen LogP contribution < -0.4 is 4.74 Å². The number of aromatic nitrogens is 4. The van der Waals surface area contributed by atoms with Crippen molar-refractivity contribution in [3.05, 3.63) is 30.6 Å². The molecule has 0 spiro atoms. The normalized spacial score (nSPS) is 10.5. The molecule has 0 saturated heterocycles. The third-order valence-corrected chi connectivity index (χ3v) is 3.84. The summed E-state index contributed by atoms with van der Waals surface area (Å²) in [5.41, 5.74) is 2.50.